The van der Waals surface area contributed by atoms with Crippen molar-refractivity contribution in [2.75, 3.05) is 13.1 Å². The van der Waals surface area contributed by atoms with E-state index in [9.17, 15) is 5.11 Å². The van der Waals surface area contributed by atoms with Crippen LogP contribution in [0.15, 0.2) is 0 Å². The minimum atomic E-state index is -1.73. The zero-order valence-corrected chi connectivity index (χ0v) is 7.99. The van der Waals surface area contributed by atoms with Gasteiger partial charge in [0, 0.05) is 6.54 Å². The third-order valence-electron chi connectivity index (χ3n) is 1.54. The van der Waals surface area contributed by atoms with Crippen molar-refractivity contribution >= 4 is 0 Å². The van der Waals surface area contributed by atoms with E-state index in [0.29, 0.717) is 6.54 Å². The highest BCUT2D eigenvalue weighted by Gasteiger charge is 2.21. The molecule has 0 aliphatic carbocycles. The van der Waals surface area contributed by atoms with Crippen molar-refractivity contribution in [3.63, 3.8) is 0 Å². The van der Waals surface area contributed by atoms with Crippen molar-refractivity contribution in [1.82, 2.24) is 4.90 Å². The van der Waals surface area contributed by atoms with Gasteiger partial charge in [0.05, 0.1) is 6.54 Å². The molecule has 0 spiro atoms. The van der Waals surface area contributed by atoms with Crippen LogP contribution < -0.4 is 0 Å². The molecule has 0 fully saturated rings. The molecule has 74 valence electrons. The molecule has 4 heteroatoms. The van der Waals surface area contributed by atoms with Crippen LogP contribution in [0, 0.1) is 0 Å². The Balaban J connectivity index is 3.95. The number of nitrogens with zero attached hydrogens (tertiary/aromatic N) is 1. The average molecular weight is 177 g/mol. The number of hydrogen-bond donors (Lipinski definition) is 3. The summed E-state index contributed by atoms with van der Waals surface area (Å²) in [5.74, 6) is -1.73. The summed E-state index contributed by atoms with van der Waals surface area (Å²) in [4.78, 5) is 1.61. The number of rotatable bonds is 5. The normalized spacial score (nSPS) is 15.2. The van der Waals surface area contributed by atoms with E-state index < -0.39 is 12.0 Å². The lowest BCUT2D eigenvalue weighted by molar-refractivity contribution is -0.174. The molecule has 0 heterocycles. The summed E-state index contributed by atoms with van der Waals surface area (Å²) in [6, 6.07) is 0. The van der Waals surface area contributed by atoms with Crippen LogP contribution in [0.1, 0.15) is 27.2 Å². The fourth-order valence-corrected chi connectivity index (χ4v) is 1.07. The van der Waals surface area contributed by atoms with Crippen LogP contribution in [-0.2, 0) is 0 Å². The molecule has 0 aromatic carbocycles. The smallest absolute Gasteiger partial charge is 0.172 e. The molecule has 0 radical (unpaired) electrons. The predicted octanol–water partition coefficient (Wildman–Crippen LogP) is -0.263. The first-order valence-corrected chi connectivity index (χ1v) is 4.23. The van der Waals surface area contributed by atoms with Gasteiger partial charge in [0.25, 0.3) is 0 Å². The Kier molecular flexibility index (Phi) is 4.70. The molecule has 0 saturated heterocycles. The van der Waals surface area contributed by atoms with Gasteiger partial charge in [0.2, 0.25) is 0 Å². The summed E-state index contributed by atoms with van der Waals surface area (Å²) < 4.78 is 0. The second-order valence-electron chi connectivity index (χ2n) is 3.32. The molecule has 3 N–H and O–H groups in total. The van der Waals surface area contributed by atoms with Gasteiger partial charge in [-0.3, -0.25) is 4.90 Å². The van der Waals surface area contributed by atoms with Crippen molar-refractivity contribution < 1.29 is 15.3 Å². The maximum Gasteiger partial charge on any atom is 0.172 e. The first-order chi connectivity index (χ1) is 5.37. The lowest BCUT2D eigenvalue weighted by atomic mass is 10.2. The van der Waals surface area contributed by atoms with Gasteiger partial charge in [0.1, 0.15) is 6.23 Å². The summed E-state index contributed by atoms with van der Waals surface area (Å²) in [6.07, 6.45) is 0.240. The van der Waals surface area contributed by atoms with E-state index in [1.807, 2.05) is 6.92 Å². The first kappa shape index (κ1) is 11.8. The maximum atomic E-state index is 9.21. The Morgan fingerprint density at radius 1 is 1.42 bits per heavy atom. The highest BCUT2D eigenvalue weighted by Crippen LogP contribution is 2.05. The van der Waals surface area contributed by atoms with Gasteiger partial charge in [-0.15, -0.1) is 0 Å². The molecule has 0 aliphatic rings. The van der Waals surface area contributed by atoms with Crippen molar-refractivity contribution in [2.24, 2.45) is 0 Å². The molecule has 12 heavy (non-hydrogen) atoms. The van der Waals surface area contributed by atoms with Crippen LogP contribution in [-0.4, -0.2) is 45.3 Å². The van der Waals surface area contributed by atoms with Crippen LogP contribution in [0.4, 0.5) is 0 Å². The van der Waals surface area contributed by atoms with Gasteiger partial charge >= 0.3 is 0 Å². The van der Waals surface area contributed by atoms with Crippen LogP contribution in [0.3, 0.4) is 0 Å². The van der Waals surface area contributed by atoms with Crippen LogP contribution in [0.25, 0.3) is 0 Å². The largest absolute Gasteiger partial charge is 0.379 e. The van der Waals surface area contributed by atoms with E-state index >= 15 is 0 Å². The number of aliphatic hydroxyl groups is 3. The molecule has 0 bridgehead atoms. The Bertz CT molecular complexity index is 120. The minimum absolute atomic E-state index is 0.0680. The summed E-state index contributed by atoms with van der Waals surface area (Å²) in [6.45, 7) is 5.62. The number of hydrogen-bond acceptors (Lipinski definition) is 4. The summed E-state index contributed by atoms with van der Waals surface area (Å²) in [7, 11) is 0. The van der Waals surface area contributed by atoms with Crippen LogP contribution in [0.2, 0.25) is 0 Å². The summed E-state index contributed by atoms with van der Waals surface area (Å²) >= 11 is 0. The summed E-state index contributed by atoms with van der Waals surface area (Å²) in [5.41, 5.74) is 0. The second-order valence-corrected chi connectivity index (χ2v) is 3.32. The van der Waals surface area contributed by atoms with Gasteiger partial charge in [-0.25, -0.2) is 0 Å². The lowest BCUT2D eigenvalue weighted by Crippen LogP contribution is -2.45. The van der Waals surface area contributed by atoms with Crippen molar-refractivity contribution in [3.05, 3.63) is 0 Å². The topological polar surface area (TPSA) is 63.9 Å². The van der Waals surface area contributed by atoms with Crippen LogP contribution in [0.5, 0.6) is 0 Å². The Labute approximate surface area is 73.4 Å². The standard InChI is InChI=1S/C8H19NO3/c1-4-5-9(7(2)10)6-8(3,11)12/h7,10-12H,4-6H2,1-3H3. The molecule has 1 unspecified atom stereocenters. The average Bonchev–Trinajstić information content (AvgIpc) is 1.83. The van der Waals surface area contributed by atoms with Crippen LogP contribution >= 0.6 is 0 Å². The monoisotopic (exact) mass is 177 g/mol. The molecule has 0 saturated carbocycles. The zero-order valence-electron chi connectivity index (χ0n) is 7.99. The zero-order chi connectivity index (χ0) is 9.78. The van der Waals surface area contributed by atoms with E-state index in [0.717, 1.165) is 6.42 Å². The van der Waals surface area contributed by atoms with Gasteiger partial charge in [0.15, 0.2) is 5.79 Å². The molecule has 4 nitrogen and oxygen atoms in total. The fraction of sp³-hybridized carbons (Fsp3) is 1.00. The molecule has 1 atom stereocenters. The first-order valence-electron chi connectivity index (χ1n) is 4.23. The minimum Gasteiger partial charge on any atom is -0.379 e. The van der Waals surface area contributed by atoms with E-state index in [2.05, 4.69) is 0 Å². The second kappa shape index (κ2) is 4.77. The lowest BCUT2D eigenvalue weighted by Gasteiger charge is -2.29. The molecule has 0 amide bonds. The third kappa shape index (κ3) is 5.49. The van der Waals surface area contributed by atoms with Gasteiger partial charge in [-0.2, -0.15) is 0 Å². The van der Waals surface area contributed by atoms with E-state index in [1.54, 1.807) is 11.8 Å². The Morgan fingerprint density at radius 2 is 1.92 bits per heavy atom. The molecular weight excluding hydrogens is 158 g/mol. The van der Waals surface area contributed by atoms with E-state index in [-0.39, 0.29) is 6.54 Å². The van der Waals surface area contributed by atoms with Crippen molar-refractivity contribution in [3.8, 4) is 0 Å². The molecule has 0 aromatic heterocycles. The predicted molar refractivity (Wildman–Crippen MR) is 46.4 cm³/mol. The maximum absolute atomic E-state index is 9.21. The van der Waals surface area contributed by atoms with Crippen molar-refractivity contribution in [2.45, 2.75) is 39.2 Å². The number of aliphatic hydroxyl groups excluding tert-OH is 1. The molecule has 0 rings (SSSR count). The van der Waals surface area contributed by atoms with E-state index in [4.69, 9.17) is 10.2 Å². The van der Waals surface area contributed by atoms with Crippen molar-refractivity contribution in [1.29, 1.82) is 0 Å². The molecule has 0 aliphatic heterocycles. The fourth-order valence-electron chi connectivity index (χ4n) is 1.07. The molecular formula is C8H19NO3. The SMILES string of the molecule is CCCN(CC(C)(O)O)C(C)O. The van der Waals surface area contributed by atoms with E-state index in [1.165, 1.54) is 6.92 Å². The highest BCUT2D eigenvalue weighted by atomic mass is 16.5. The van der Waals surface area contributed by atoms with Gasteiger partial charge < -0.3 is 15.3 Å². The third-order valence-corrected chi connectivity index (χ3v) is 1.54. The highest BCUT2D eigenvalue weighted by molar-refractivity contribution is 4.66. The quantitative estimate of drug-likeness (QED) is 0.506. The van der Waals surface area contributed by atoms with Gasteiger partial charge in [-0.1, -0.05) is 6.92 Å². The molecule has 0 aromatic rings. The Morgan fingerprint density at radius 3 is 2.17 bits per heavy atom. The van der Waals surface area contributed by atoms with Gasteiger partial charge in [-0.05, 0) is 20.3 Å². The summed E-state index contributed by atoms with van der Waals surface area (Å²) in [5, 5.41) is 27.3. The Hall–Kier alpha value is -0.160.